The average Bonchev–Trinajstić information content (AvgIpc) is 2.65. The molecule has 2 aromatic carbocycles. The van der Waals surface area contributed by atoms with Gasteiger partial charge in [0.1, 0.15) is 0 Å². The first-order valence-electron chi connectivity index (χ1n) is 8.37. The second-order valence-electron chi connectivity index (χ2n) is 6.27. The number of carbonyl (C=O) groups excluding carboxylic acids is 1. The Labute approximate surface area is 169 Å². The van der Waals surface area contributed by atoms with Crippen molar-refractivity contribution in [3.05, 3.63) is 66.2 Å². The van der Waals surface area contributed by atoms with Gasteiger partial charge in [-0.15, -0.1) is 24.8 Å². The van der Waals surface area contributed by atoms with E-state index in [9.17, 15) is 4.79 Å². The van der Waals surface area contributed by atoms with Gasteiger partial charge in [-0.05, 0) is 24.6 Å². The number of hydrogen-bond acceptors (Lipinski definition) is 3. The molecular formula is C20H29Cl2N3O. The molecule has 3 unspecified atom stereocenters. The molecule has 2 aromatic rings. The van der Waals surface area contributed by atoms with E-state index in [0.29, 0.717) is 6.54 Å². The highest BCUT2D eigenvalue weighted by atomic mass is 35.5. The first-order chi connectivity index (χ1) is 11.5. The molecule has 0 aromatic heterocycles. The van der Waals surface area contributed by atoms with Gasteiger partial charge in [0.15, 0.2) is 0 Å². The summed E-state index contributed by atoms with van der Waals surface area (Å²) in [6, 6.07) is 19.8. The van der Waals surface area contributed by atoms with Gasteiger partial charge >= 0.3 is 0 Å². The molecule has 0 radical (unpaired) electrons. The maximum Gasteiger partial charge on any atom is 0.224 e. The number of anilines is 1. The molecule has 0 saturated heterocycles. The molecule has 3 N–H and O–H groups in total. The van der Waals surface area contributed by atoms with Crippen molar-refractivity contribution in [2.45, 2.75) is 25.9 Å². The van der Waals surface area contributed by atoms with E-state index in [1.54, 1.807) is 0 Å². The minimum absolute atomic E-state index is 0. The zero-order valence-corrected chi connectivity index (χ0v) is 17.1. The Balaban J connectivity index is 0.00000312. The zero-order chi connectivity index (χ0) is 17.5. The Morgan fingerprint density at radius 2 is 1.50 bits per heavy atom. The summed E-state index contributed by atoms with van der Waals surface area (Å²) in [6.07, 6.45) is 0. The van der Waals surface area contributed by atoms with Crippen LogP contribution < -0.4 is 16.0 Å². The molecule has 0 aliphatic heterocycles. The molecule has 144 valence electrons. The van der Waals surface area contributed by atoms with Crippen molar-refractivity contribution < 1.29 is 4.79 Å². The number of amides is 1. The van der Waals surface area contributed by atoms with Crippen molar-refractivity contribution in [3.63, 3.8) is 0 Å². The van der Waals surface area contributed by atoms with Crippen LogP contribution in [0.2, 0.25) is 0 Å². The highest BCUT2D eigenvalue weighted by molar-refractivity contribution is 5.85. The fraction of sp³-hybridized carbons (Fsp3) is 0.350. The number of nitrogens with two attached hydrogens (primary N) is 1. The predicted molar refractivity (Wildman–Crippen MR) is 114 cm³/mol. The van der Waals surface area contributed by atoms with Gasteiger partial charge in [-0.25, -0.2) is 0 Å². The van der Waals surface area contributed by atoms with Gasteiger partial charge in [-0.2, -0.15) is 0 Å². The molecule has 0 aliphatic carbocycles. The van der Waals surface area contributed by atoms with Gasteiger partial charge in [0.2, 0.25) is 5.91 Å². The summed E-state index contributed by atoms with van der Waals surface area (Å²) < 4.78 is 0. The Bertz CT molecular complexity index is 640. The van der Waals surface area contributed by atoms with Gasteiger partial charge in [-0.1, -0.05) is 55.5 Å². The third-order valence-corrected chi connectivity index (χ3v) is 4.53. The number of carbonyl (C=O) groups is 1. The summed E-state index contributed by atoms with van der Waals surface area (Å²) >= 11 is 0. The van der Waals surface area contributed by atoms with Crippen molar-refractivity contribution >= 4 is 36.4 Å². The molecule has 26 heavy (non-hydrogen) atoms. The first kappa shape index (κ1) is 24.2. The van der Waals surface area contributed by atoms with E-state index in [0.717, 1.165) is 11.3 Å². The molecule has 1 amide bonds. The SMILES string of the molecule is CC(C(=O)NCC(C)N(C)c1ccccc1)C(N)c1ccccc1.Cl.Cl. The zero-order valence-electron chi connectivity index (χ0n) is 15.5. The Morgan fingerprint density at radius 1 is 1.00 bits per heavy atom. The molecule has 0 saturated carbocycles. The highest BCUT2D eigenvalue weighted by Crippen LogP contribution is 2.19. The molecule has 0 spiro atoms. The van der Waals surface area contributed by atoms with Crippen LogP contribution in [0.5, 0.6) is 0 Å². The molecule has 0 bridgehead atoms. The number of likely N-dealkylation sites (N-methyl/N-ethyl adjacent to an activating group) is 1. The number of nitrogens with zero attached hydrogens (tertiary/aromatic N) is 1. The van der Waals surface area contributed by atoms with E-state index in [1.165, 1.54) is 0 Å². The molecule has 4 nitrogen and oxygen atoms in total. The maximum atomic E-state index is 12.4. The lowest BCUT2D eigenvalue weighted by atomic mass is 9.94. The van der Waals surface area contributed by atoms with Crippen molar-refractivity contribution in [2.24, 2.45) is 11.7 Å². The lowest BCUT2D eigenvalue weighted by Crippen LogP contribution is -2.43. The predicted octanol–water partition coefficient (Wildman–Crippen LogP) is 3.81. The Kier molecular flexibility index (Phi) is 11.0. The minimum atomic E-state index is -0.298. The van der Waals surface area contributed by atoms with Crippen molar-refractivity contribution in [1.29, 1.82) is 0 Å². The minimum Gasteiger partial charge on any atom is -0.370 e. The summed E-state index contributed by atoms with van der Waals surface area (Å²) in [4.78, 5) is 14.6. The summed E-state index contributed by atoms with van der Waals surface area (Å²) in [5, 5.41) is 3.02. The second kappa shape index (κ2) is 11.8. The van der Waals surface area contributed by atoms with E-state index in [2.05, 4.69) is 29.3 Å². The van der Waals surface area contributed by atoms with Crippen molar-refractivity contribution in [1.82, 2.24) is 5.32 Å². The second-order valence-corrected chi connectivity index (χ2v) is 6.27. The highest BCUT2D eigenvalue weighted by Gasteiger charge is 2.22. The largest absolute Gasteiger partial charge is 0.370 e. The fourth-order valence-electron chi connectivity index (χ4n) is 2.59. The number of halogens is 2. The molecule has 6 heteroatoms. The number of benzene rings is 2. The number of para-hydroxylation sites is 1. The van der Waals surface area contributed by atoms with Gasteiger partial charge in [-0.3, -0.25) is 4.79 Å². The van der Waals surface area contributed by atoms with Gasteiger partial charge in [0, 0.05) is 31.4 Å². The smallest absolute Gasteiger partial charge is 0.224 e. The molecule has 0 fully saturated rings. The summed E-state index contributed by atoms with van der Waals surface area (Å²) in [5.41, 5.74) is 8.34. The van der Waals surface area contributed by atoms with Crippen LogP contribution in [-0.2, 0) is 4.79 Å². The first-order valence-corrected chi connectivity index (χ1v) is 8.37. The van der Waals surface area contributed by atoms with Crippen LogP contribution in [0.4, 0.5) is 5.69 Å². The van der Waals surface area contributed by atoms with Crippen LogP contribution in [-0.4, -0.2) is 25.5 Å². The molecule has 0 aliphatic rings. The van der Waals surface area contributed by atoms with E-state index < -0.39 is 0 Å². The number of rotatable bonds is 7. The van der Waals surface area contributed by atoms with Crippen LogP contribution in [0.15, 0.2) is 60.7 Å². The topological polar surface area (TPSA) is 58.4 Å². The number of nitrogens with one attached hydrogen (secondary N) is 1. The van der Waals surface area contributed by atoms with Crippen molar-refractivity contribution in [2.75, 3.05) is 18.5 Å². The number of hydrogen-bond donors (Lipinski definition) is 2. The molecular weight excluding hydrogens is 369 g/mol. The van der Waals surface area contributed by atoms with Gasteiger partial charge < -0.3 is 16.0 Å². The Morgan fingerprint density at radius 3 is 2.04 bits per heavy atom. The van der Waals surface area contributed by atoms with Crippen LogP contribution in [0.3, 0.4) is 0 Å². The fourth-order valence-corrected chi connectivity index (χ4v) is 2.59. The Hall–Kier alpha value is -1.75. The lowest BCUT2D eigenvalue weighted by molar-refractivity contribution is -0.125. The quantitative estimate of drug-likeness (QED) is 0.746. The van der Waals surface area contributed by atoms with E-state index in [1.807, 2.05) is 62.5 Å². The van der Waals surface area contributed by atoms with Crippen LogP contribution in [0.1, 0.15) is 25.5 Å². The van der Waals surface area contributed by atoms with Crippen molar-refractivity contribution in [3.8, 4) is 0 Å². The molecule has 3 atom stereocenters. The van der Waals surface area contributed by atoms with E-state index >= 15 is 0 Å². The standard InChI is InChI=1S/C20H27N3O.2ClH/c1-15(23(3)18-12-8-5-9-13-18)14-22-20(24)16(2)19(21)17-10-6-4-7-11-17;;/h4-13,15-16,19H,14,21H2,1-3H3,(H,22,24);2*1H. The van der Waals surface area contributed by atoms with Crippen LogP contribution in [0, 0.1) is 5.92 Å². The molecule has 2 rings (SSSR count). The third kappa shape index (κ3) is 6.52. The lowest BCUT2D eigenvalue weighted by Gasteiger charge is -2.28. The summed E-state index contributed by atoms with van der Waals surface area (Å²) in [5.74, 6) is -0.290. The van der Waals surface area contributed by atoms with Crippen LogP contribution >= 0.6 is 24.8 Å². The van der Waals surface area contributed by atoms with Crippen LogP contribution in [0.25, 0.3) is 0 Å². The van der Waals surface area contributed by atoms with E-state index in [-0.39, 0.29) is 48.7 Å². The summed E-state index contributed by atoms with van der Waals surface area (Å²) in [6.45, 7) is 4.55. The monoisotopic (exact) mass is 397 g/mol. The third-order valence-electron chi connectivity index (χ3n) is 4.53. The normalized spacial score (nSPS) is 13.4. The molecule has 0 heterocycles. The maximum absolute atomic E-state index is 12.4. The summed E-state index contributed by atoms with van der Waals surface area (Å²) in [7, 11) is 2.03. The average molecular weight is 398 g/mol. The van der Waals surface area contributed by atoms with E-state index in [4.69, 9.17) is 5.73 Å². The van der Waals surface area contributed by atoms with Gasteiger partial charge in [0.25, 0.3) is 0 Å². The van der Waals surface area contributed by atoms with Gasteiger partial charge in [0.05, 0.1) is 5.92 Å².